The van der Waals surface area contributed by atoms with Crippen LogP contribution in [0, 0.1) is 22.7 Å². The Kier molecular flexibility index (Phi) is 13.9. The molecule has 0 aromatic carbocycles. The maximum atomic E-state index is 13.2. The summed E-state index contributed by atoms with van der Waals surface area (Å²) in [5.74, 6) is -1.75. The summed E-state index contributed by atoms with van der Waals surface area (Å²) < 4.78 is 40.4. The predicted octanol–water partition coefficient (Wildman–Crippen LogP) is -0.0732. The van der Waals surface area contributed by atoms with Crippen molar-refractivity contribution in [3.8, 4) is 0 Å². The summed E-state index contributed by atoms with van der Waals surface area (Å²) in [6.45, 7) is 6.61. The van der Waals surface area contributed by atoms with Crippen LogP contribution in [0.4, 0.5) is 4.79 Å². The predicted molar refractivity (Wildman–Crippen MR) is 148 cm³/mol. The van der Waals surface area contributed by atoms with Gasteiger partial charge < -0.3 is 30.3 Å². The summed E-state index contributed by atoms with van der Waals surface area (Å²) >= 11 is 0. The number of carbonyl (C=O) groups is 3. The zero-order valence-electron chi connectivity index (χ0n) is 25.2. The molecular formula is C28H48N3NaO8S. The van der Waals surface area contributed by atoms with E-state index < -0.39 is 45.6 Å². The molecule has 2 bridgehead atoms. The van der Waals surface area contributed by atoms with Crippen LogP contribution in [0.5, 0.6) is 0 Å². The van der Waals surface area contributed by atoms with Gasteiger partial charge in [-0.25, -0.2) is 13.2 Å². The van der Waals surface area contributed by atoms with Gasteiger partial charge in [0.25, 0.3) is 0 Å². The van der Waals surface area contributed by atoms with Crippen LogP contribution in [-0.4, -0.2) is 66.7 Å². The smallest absolute Gasteiger partial charge is 0.746 e. The molecule has 0 aromatic rings. The van der Waals surface area contributed by atoms with E-state index in [1.807, 2.05) is 13.8 Å². The van der Waals surface area contributed by atoms with Crippen LogP contribution in [0.2, 0.25) is 0 Å². The number of unbranched alkanes of at least 4 members (excludes halogenated alkanes) is 2. The van der Waals surface area contributed by atoms with Gasteiger partial charge in [0.2, 0.25) is 11.8 Å². The third-order valence-electron chi connectivity index (χ3n) is 9.36. The van der Waals surface area contributed by atoms with Crippen molar-refractivity contribution in [1.82, 2.24) is 16.0 Å². The van der Waals surface area contributed by atoms with E-state index in [-0.39, 0.29) is 66.2 Å². The largest absolute Gasteiger partial charge is 1.00 e. The van der Waals surface area contributed by atoms with Crippen LogP contribution in [0.25, 0.3) is 0 Å². The minimum absolute atomic E-state index is 0. The quantitative estimate of drug-likeness (QED) is 0.113. The molecule has 1 unspecified atom stereocenters. The molecule has 0 radical (unpaired) electrons. The monoisotopic (exact) mass is 609 g/mol. The van der Waals surface area contributed by atoms with E-state index in [0.717, 1.165) is 38.5 Å². The van der Waals surface area contributed by atoms with E-state index >= 15 is 0 Å². The van der Waals surface area contributed by atoms with Crippen LogP contribution in [0.15, 0.2) is 0 Å². The van der Waals surface area contributed by atoms with Crippen LogP contribution < -0.4 is 45.5 Å². The van der Waals surface area contributed by atoms with Gasteiger partial charge in [0.15, 0.2) is 5.44 Å². The Bertz CT molecular complexity index is 984. The van der Waals surface area contributed by atoms with E-state index in [1.165, 1.54) is 25.7 Å². The van der Waals surface area contributed by atoms with Crippen molar-refractivity contribution in [1.29, 1.82) is 0 Å². The van der Waals surface area contributed by atoms with Gasteiger partial charge in [-0.2, -0.15) is 0 Å². The Morgan fingerprint density at radius 2 is 1.71 bits per heavy atom. The number of hydrogen-bond donors (Lipinski definition) is 4. The number of aliphatic hydroxyl groups is 1. The molecule has 11 nitrogen and oxygen atoms in total. The zero-order valence-corrected chi connectivity index (χ0v) is 28.0. The van der Waals surface area contributed by atoms with Crippen LogP contribution in [0.3, 0.4) is 0 Å². The number of amides is 3. The Morgan fingerprint density at radius 3 is 2.22 bits per heavy atom. The maximum Gasteiger partial charge on any atom is 1.00 e. The molecule has 4 rings (SSSR count). The van der Waals surface area contributed by atoms with Gasteiger partial charge in [0.1, 0.15) is 16.2 Å². The fourth-order valence-electron chi connectivity index (χ4n) is 6.70. The van der Waals surface area contributed by atoms with Gasteiger partial charge in [-0.3, -0.25) is 9.59 Å². The number of hydrogen-bond acceptors (Lipinski definition) is 8. The average molecular weight is 610 g/mol. The molecule has 41 heavy (non-hydrogen) atoms. The SMILES string of the molecule is CCCCCC12CCC(COC(=O)N[C@@H](CC(C)C)C(=O)N[C@@H](C[C@@H]3CCNC3=O)C(O)S(=O)(=O)[O-])(CC1)CC2.[Na+]. The van der Waals surface area contributed by atoms with E-state index in [2.05, 4.69) is 22.9 Å². The fraction of sp³-hybridized carbons (Fsp3) is 0.893. The summed E-state index contributed by atoms with van der Waals surface area (Å²) in [7, 11) is -5.17. The molecule has 4 atom stereocenters. The fourth-order valence-corrected chi connectivity index (χ4v) is 7.28. The Balaban J connectivity index is 0.00000588. The molecule has 1 saturated heterocycles. The second-order valence-corrected chi connectivity index (χ2v) is 14.3. The third kappa shape index (κ3) is 10.3. The molecule has 4 aliphatic rings. The topological polar surface area (TPSA) is 174 Å². The molecule has 4 fully saturated rings. The number of rotatable bonds is 15. The number of fused-ring (bicyclic) bond motifs is 3. The van der Waals surface area contributed by atoms with E-state index in [0.29, 0.717) is 18.4 Å². The van der Waals surface area contributed by atoms with Crippen molar-refractivity contribution < 1.29 is 66.8 Å². The number of aliphatic hydroxyl groups excluding tert-OH is 1. The third-order valence-corrected chi connectivity index (χ3v) is 10.3. The number of ether oxygens (including phenoxy) is 1. The Labute approximate surface area is 267 Å². The standard InChI is InChI=1S/C28H49N3O8S.Na/c1-4-5-6-8-27-9-12-28(13-10-27,14-11-27)18-39-26(35)31-21(16-19(2)3)24(33)30-22(25(34)40(36,37)38)17-20-7-15-29-23(20)32;/h19-22,25,34H,4-18H2,1-3H3,(H,29,32)(H,30,33)(H,31,35)(H,36,37,38);/q;+1/p-1/t20-,21-,22-,25?,27?,28?;/m0./s1. The molecule has 3 saturated carbocycles. The van der Waals surface area contributed by atoms with E-state index in [9.17, 15) is 32.5 Å². The number of alkyl carbamates (subject to hydrolysis) is 1. The minimum atomic E-state index is -5.17. The molecular weight excluding hydrogens is 561 g/mol. The molecule has 4 N–H and O–H groups in total. The molecule has 13 heteroatoms. The van der Waals surface area contributed by atoms with Crippen molar-refractivity contribution in [3.63, 3.8) is 0 Å². The first kappa shape index (κ1) is 36.3. The number of carbonyl (C=O) groups excluding carboxylic acids is 3. The summed E-state index contributed by atoms with van der Waals surface area (Å²) in [4.78, 5) is 38.0. The minimum Gasteiger partial charge on any atom is -0.746 e. The van der Waals surface area contributed by atoms with E-state index in [4.69, 9.17) is 4.74 Å². The Hall–Kier alpha value is -0.920. The zero-order chi connectivity index (χ0) is 29.6. The first-order chi connectivity index (χ1) is 18.8. The second-order valence-electron chi connectivity index (χ2n) is 12.9. The first-order valence-corrected chi connectivity index (χ1v) is 16.4. The van der Waals surface area contributed by atoms with Gasteiger partial charge in [-0.05, 0) is 75.5 Å². The molecule has 0 spiro atoms. The second kappa shape index (κ2) is 15.7. The summed E-state index contributed by atoms with van der Waals surface area (Å²) in [6, 6.07) is -2.58. The van der Waals surface area contributed by atoms with Gasteiger partial charge in [-0.15, -0.1) is 0 Å². The summed E-state index contributed by atoms with van der Waals surface area (Å²) in [5, 5.41) is 17.8. The Morgan fingerprint density at radius 1 is 1.10 bits per heavy atom. The van der Waals surface area contributed by atoms with Crippen molar-refractivity contribution in [2.45, 2.75) is 122 Å². The van der Waals surface area contributed by atoms with Gasteiger partial charge >= 0.3 is 35.7 Å². The van der Waals surface area contributed by atoms with Gasteiger partial charge in [0, 0.05) is 17.9 Å². The molecule has 3 amide bonds. The van der Waals surface area contributed by atoms with Crippen molar-refractivity contribution in [2.24, 2.45) is 22.7 Å². The molecule has 230 valence electrons. The molecule has 1 heterocycles. The van der Waals surface area contributed by atoms with Crippen molar-refractivity contribution >= 4 is 28.0 Å². The molecule has 0 aromatic heterocycles. The van der Waals surface area contributed by atoms with E-state index in [1.54, 1.807) is 0 Å². The molecule has 3 aliphatic carbocycles. The van der Waals surface area contributed by atoms with Crippen LogP contribution in [0.1, 0.15) is 104 Å². The van der Waals surface area contributed by atoms with Crippen LogP contribution >= 0.6 is 0 Å². The van der Waals surface area contributed by atoms with Crippen molar-refractivity contribution in [3.05, 3.63) is 0 Å². The summed E-state index contributed by atoms with van der Waals surface area (Å²) in [6.07, 6.45) is 11.3. The average Bonchev–Trinajstić information content (AvgIpc) is 3.31. The summed E-state index contributed by atoms with van der Waals surface area (Å²) in [5.41, 5.74) is -2.02. The van der Waals surface area contributed by atoms with Crippen molar-refractivity contribution in [2.75, 3.05) is 13.2 Å². The normalized spacial score (nSPS) is 27.9. The van der Waals surface area contributed by atoms with Gasteiger partial charge in [0.05, 0.1) is 12.6 Å². The first-order valence-electron chi connectivity index (χ1n) is 14.9. The van der Waals surface area contributed by atoms with Crippen LogP contribution in [-0.2, 0) is 24.4 Å². The number of nitrogens with one attached hydrogen (secondary N) is 3. The maximum absolute atomic E-state index is 13.2. The molecule has 1 aliphatic heterocycles. The van der Waals surface area contributed by atoms with Gasteiger partial charge in [-0.1, -0.05) is 40.0 Å².